The Morgan fingerprint density at radius 1 is 1.17 bits per heavy atom. The summed E-state index contributed by atoms with van der Waals surface area (Å²) in [5.41, 5.74) is 1.28. The third-order valence-corrected chi connectivity index (χ3v) is 3.75. The van der Waals surface area contributed by atoms with E-state index in [1.54, 1.807) is 36.4 Å². The first kappa shape index (κ1) is 18.4. The summed E-state index contributed by atoms with van der Waals surface area (Å²) in [5, 5.41) is 10.5. The van der Waals surface area contributed by atoms with E-state index in [2.05, 4.69) is 27.8 Å². The molecule has 0 saturated carbocycles. The fraction of sp³-hybridized carbons (Fsp3) is 0.211. The number of aliphatic hydroxyl groups is 1. The van der Waals surface area contributed by atoms with E-state index in [0.717, 1.165) is 10.0 Å². The molecule has 0 heterocycles. The zero-order valence-electron chi connectivity index (χ0n) is 13.1. The molecule has 2 atom stereocenters. The van der Waals surface area contributed by atoms with Crippen LogP contribution in [0.4, 0.5) is 0 Å². The molecule has 0 radical (unpaired) electrons. The highest BCUT2D eigenvalue weighted by Gasteiger charge is 2.28. The van der Waals surface area contributed by atoms with Gasteiger partial charge < -0.3 is 14.6 Å². The van der Waals surface area contributed by atoms with E-state index in [0.29, 0.717) is 5.56 Å². The fourth-order valence-corrected chi connectivity index (χ4v) is 2.28. The van der Waals surface area contributed by atoms with E-state index in [4.69, 9.17) is 9.47 Å². The first-order chi connectivity index (χ1) is 11.6. The maximum Gasteiger partial charge on any atom is 0.237 e. The number of hydrogen-bond acceptors (Lipinski definition) is 4. The first-order valence-electron chi connectivity index (χ1n) is 7.27. The molecule has 5 heteroatoms. The quantitative estimate of drug-likeness (QED) is 0.610. The molecule has 0 saturated heterocycles. The number of ketones is 1. The monoisotopic (exact) mass is 388 g/mol. The highest BCUT2D eigenvalue weighted by molar-refractivity contribution is 9.10. The lowest BCUT2D eigenvalue weighted by molar-refractivity contribution is -0.147. The minimum atomic E-state index is -1.13. The largest absolute Gasteiger partial charge is 0.385 e. The summed E-state index contributed by atoms with van der Waals surface area (Å²) in [6.45, 7) is -0.114. The Bertz CT molecular complexity index is 717. The van der Waals surface area contributed by atoms with Gasteiger partial charge in [0.1, 0.15) is 12.9 Å². The third-order valence-electron chi connectivity index (χ3n) is 3.23. The van der Waals surface area contributed by atoms with Crippen LogP contribution < -0.4 is 0 Å². The lowest BCUT2D eigenvalue weighted by Gasteiger charge is -2.20. The molecule has 0 aromatic heterocycles. The predicted octanol–water partition coefficient (Wildman–Crippen LogP) is 3.09. The zero-order valence-corrected chi connectivity index (χ0v) is 14.7. The number of benzene rings is 2. The molecule has 0 bridgehead atoms. The van der Waals surface area contributed by atoms with E-state index in [1.807, 2.05) is 18.2 Å². The molecular weight excluding hydrogens is 372 g/mol. The van der Waals surface area contributed by atoms with Crippen molar-refractivity contribution in [1.82, 2.24) is 0 Å². The van der Waals surface area contributed by atoms with Gasteiger partial charge in [0, 0.05) is 17.1 Å². The van der Waals surface area contributed by atoms with Crippen molar-refractivity contribution in [3.8, 4) is 11.8 Å². The van der Waals surface area contributed by atoms with Crippen LogP contribution in [0.1, 0.15) is 17.2 Å². The van der Waals surface area contributed by atoms with Gasteiger partial charge in [-0.15, -0.1) is 0 Å². The van der Waals surface area contributed by atoms with Crippen molar-refractivity contribution in [1.29, 1.82) is 0 Å². The Labute approximate surface area is 149 Å². The van der Waals surface area contributed by atoms with E-state index in [-0.39, 0.29) is 6.79 Å². The summed E-state index contributed by atoms with van der Waals surface area (Å²) in [6, 6.07) is 16.2. The van der Waals surface area contributed by atoms with Gasteiger partial charge in [0.2, 0.25) is 5.78 Å². The molecule has 0 aliphatic rings. The van der Waals surface area contributed by atoms with Crippen LogP contribution in [0.5, 0.6) is 0 Å². The standard InChI is InChI=1S/C19H17BrO4/c1-23-13-24-19(18(22)15-8-10-16(20)11-9-15)17(21)12-7-14-5-3-2-4-6-14/h2-6,8-11,18-19,22H,13H2,1H3/t18-,19+/m0/s1. The maximum atomic E-state index is 12.4. The fourth-order valence-electron chi connectivity index (χ4n) is 2.01. The third kappa shape index (κ3) is 5.29. The molecule has 2 aromatic carbocycles. The molecule has 124 valence electrons. The molecule has 0 amide bonds. The van der Waals surface area contributed by atoms with Crippen molar-refractivity contribution in [2.45, 2.75) is 12.2 Å². The van der Waals surface area contributed by atoms with Gasteiger partial charge >= 0.3 is 0 Å². The van der Waals surface area contributed by atoms with Gasteiger partial charge in [-0.2, -0.15) is 0 Å². The summed E-state index contributed by atoms with van der Waals surface area (Å²) in [6.07, 6.45) is -2.26. The average molecular weight is 389 g/mol. The van der Waals surface area contributed by atoms with Crippen LogP contribution in [0.3, 0.4) is 0 Å². The molecule has 0 spiro atoms. The Hall–Kier alpha value is -1.97. The average Bonchev–Trinajstić information content (AvgIpc) is 2.61. The summed E-state index contributed by atoms with van der Waals surface area (Å²) in [7, 11) is 1.45. The van der Waals surface area contributed by atoms with Crippen LogP contribution in [0.15, 0.2) is 59.1 Å². The molecule has 0 aliphatic carbocycles. The van der Waals surface area contributed by atoms with E-state index < -0.39 is 18.0 Å². The molecule has 2 aromatic rings. The molecule has 2 rings (SSSR count). The second kappa shape index (κ2) is 9.36. The lowest BCUT2D eigenvalue weighted by Crippen LogP contribution is -2.31. The first-order valence-corrected chi connectivity index (χ1v) is 8.06. The van der Waals surface area contributed by atoms with Gasteiger partial charge in [0.15, 0.2) is 6.10 Å². The number of hydrogen-bond donors (Lipinski definition) is 1. The van der Waals surface area contributed by atoms with Gasteiger partial charge in [-0.25, -0.2) is 0 Å². The van der Waals surface area contributed by atoms with Crippen LogP contribution >= 0.6 is 15.9 Å². The van der Waals surface area contributed by atoms with Crippen molar-refractivity contribution in [3.05, 3.63) is 70.2 Å². The summed E-state index contributed by atoms with van der Waals surface area (Å²) >= 11 is 3.33. The highest BCUT2D eigenvalue weighted by atomic mass is 79.9. The van der Waals surface area contributed by atoms with Crippen molar-refractivity contribution in [2.75, 3.05) is 13.9 Å². The van der Waals surface area contributed by atoms with Crippen LogP contribution in [-0.2, 0) is 14.3 Å². The molecular formula is C19H17BrO4. The second-order valence-corrected chi connectivity index (χ2v) is 5.89. The predicted molar refractivity (Wildman–Crippen MR) is 94.2 cm³/mol. The number of carbonyl (C=O) groups is 1. The number of methoxy groups -OCH3 is 1. The maximum absolute atomic E-state index is 12.4. The van der Waals surface area contributed by atoms with Gasteiger partial charge in [-0.1, -0.05) is 52.2 Å². The van der Waals surface area contributed by atoms with Crippen LogP contribution in [0.25, 0.3) is 0 Å². The summed E-state index contributed by atoms with van der Waals surface area (Å²) in [5.74, 6) is 4.80. The minimum Gasteiger partial charge on any atom is -0.385 e. The molecule has 0 fully saturated rings. The smallest absolute Gasteiger partial charge is 0.237 e. The Morgan fingerprint density at radius 3 is 2.46 bits per heavy atom. The number of Topliss-reactive ketones (excluding diaryl/α,β-unsaturated/α-hetero) is 1. The van der Waals surface area contributed by atoms with E-state index in [9.17, 15) is 9.90 Å². The number of halogens is 1. The molecule has 0 aliphatic heterocycles. The van der Waals surface area contributed by atoms with E-state index in [1.165, 1.54) is 7.11 Å². The SMILES string of the molecule is COCO[C@H](C(=O)C#Cc1ccccc1)[C@@H](O)c1ccc(Br)cc1. The highest BCUT2D eigenvalue weighted by Crippen LogP contribution is 2.22. The van der Waals surface area contributed by atoms with Crippen molar-refractivity contribution in [2.24, 2.45) is 0 Å². The molecule has 1 N–H and O–H groups in total. The van der Waals surface area contributed by atoms with Gasteiger partial charge in [-0.05, 0) is 35.7 Å². The van der Waals surface area contributed by atoms with Gasteiger partial charge in [0.25, 0.3) is 0 Å². The normalized spacial score (nSPS) is 12.8. The molecule has 0 unspecified atom stereocenters. The van der Waals surface area contributed by atoms with Crippen molar-refractivity contribution < 1.29 is 19.4 Å². The lowest BCUT2D eigenvalue weighted by atomic mass is 10.0. The van der Waals surface area contributed by atoms with Gasteiger partial charge in [0.05, 0.1) is 0 Å². The van der Waals surface area contributed by atoms with Crippen molar-refractivity contribution in [3.63, 3.8) is 0 Å². The van der Waals surface area contributed by atoms with Crippen LogP contribution in [0.2, 0.25) is 0 Å². The molecule has 24 heavy (non-hydrogen) atoms. The van der Waals surface area contributed by atoms with Crippen LogP contribution in [0, 0.1) is 11.8 Å². The Kier molecular flexibility index (Phi) is 7.16. The number of ether oxygens (including phenoxy) is 2. The zero-order chi connectivity index (χ0) is 17.4. The Balaban J connectivity index is 2.19. The number of carbonyl (C=O) groups excluding carboxylic acids is 1. The summed E-state index contributed by atoms with van der Waals surface area (Å²) < 4.78 is 11.1. The molecule has 4 nitrogen and oxygen atoms in total. The topological polar surface area (TPSA) is 55.8 Å². The van der Waals surface area contributed by atoms with Gasteiger partial charge in [-0.3, -0.25) is 4.79 Å². The van der Waals surface area contributed by atoms with E-state index >= 15 is 0 Å². The second-order valence-electron chi connectivity index (χ2n) is 4.97. The van der Waals surface area contributed by atoms with Crippen LogP contribution in [-0.4, -0.2) is 30.9 Å². The number of rotatable bonds is 6. The Morgan fingerprint density at radius 2 is 1.83 bits per heavy atom. The minimum absolute atomic E-state index is 0.114. The van der Waals surface area contributed by atoms with Crippen molar-refractivity contribution >= 4 is 21.7 Å². The summed E-state index contributed by atoms with van der Waals surface area (Å²) in [4.78, 5) is 12.4. The number of aliphatic hydroxyl groups excluding tert-OH is 1.